The maximum atomic E-state index is 8.70. The van der Waals surface area contributed by atoms with Crippen molar-refractivity contribution in [3.8, 4) is 0 Å². The fourth-order valence-electron chi connectivity index (χ4n) is 2.32. The molecule has 0 aromatic carbocycles. The molecule has 0 aromatic heterocycles. The van der Waals surface area contributed by atoms with E-state index in [1.165, 1.54) is 24.8 Å². The second kappa shape index (κ2) is 13.1. The molecule has 0 aromatic rings. The molecule has 0 aliphatic carbocycles. The van der Waals surface area contributed by atoms with Gasteiger partial charge in [0.05, 0.1) is 6.61 Å². The number of aliphatic hydroxyl groups is 1. The molecule has 1 atom stereocenters. The van der Waals surface area contributed by atoms with Crippen molar-refractivity contribution in [2.45, 2.75) is 59.8 Å². The number of unbranched alkanes of at least 4 members (excludes halogenated alkanes) is 1. The molecule has 3 N–H and O–H groups in total. The summed E-state index contributed by atoms with van der Waals surface area (Å²) >= 11 is 0. The van der Waals surface area contributed by atoms with Crippen LogP contribution in [0.4, 0.5) is 0 Å². The van der Waals surface area contributed by atoms with Crippen LogP contribution in [0.25, 0.3) is 0 Å². The third kappa shape index (κ3) is 10.7. The summed E-state index contributed by atoms with van der Waals surface area (Å²) in [6.45, 7) is 12.7. The third-order valence-electron chi connectivity index (χ3n) is 3.87. The second-order valence-corrected chi connectivity index (χ2v) is 6.11. The van der Waals surface area contributed by atoms with Crippen molar-refractivity contribution in [3.63, 3.8) is 0 Å². The lowest BCUT2D eigenvalue weighted by Crippen LogP contribution is -2.34. The minimum Gasteiger partial charge on any atom is -0.395 e. The molecule has 0 unspecified atom stereocenters. The Morgan fingerprint density at radius 1 is 1.10 bits per heavy atom. The van der Waals surface area contributed by atoms with E-state index in [-0.39, 0.29) is 12.0 Å². The summed E-state index contributed by atoms with van der Waals surface area (Å²) in [5.74, 6) is 0. The fraction of sp³-hybridized carbons (Fsp3) is 0.833. The van der Waals surface area contributed by atoms with Gasteiger partial charge in [-0.05, 0) is 57.8 Å². The third-order valence-corrected chi connectivity index (χ3v) is 3.87. The lowest BCUT2D eigenvalue weighted by atomic mass is 9.80. The summed E-state index contributed by atoms with van der Waals surface area (Å²) in [4.78, 5) is 0. The summed E-state index contributed by atoms with van der Waals surface area (Å²) in [6, 6.07) is 0. The molecule has 0 spiro atoms. The van der Waals surface area contributed by atoms with Gasteiger partial charge < -0.3 is 15.7 Å². The SMILES string of the molecule is CCCC[C@@](C=C=C(C)C)(CC)CNCCCNCCO. The van der Waals surface area contributed by atoms with Crippen LogP contribution in [-0.4, -0.2) is 37.9 Å². The lowest BCUT2D eigenvalue weighted by molar-refractivity contribution is 0.290. The molecule has 0 saturated carbocycles. The molecule has 21 heavy (non-hydrogen) atoms. The van der Waals surface area contributed by atoms with Gasteiger partial charge in [0.15, 0.2) is 0 Å². The Hall–Kier alpha value is -0.600. The molecule has 0 radical (unpaired) electrons. The molecule has 0 aliphatic rings. The van der Waals surface area contributed by atoms with Gasteiger partial charge in [-0.3, -0.25) is 0 Å². The molecule has 0 fully saturated rings. The predicted molar refractivity (Wildman–Crippen MR) is 92.6 cm³/mol. The summed E-state index contributed by atoms with van der Waals surface area (Å²) in [6.07, 6.45) is 8.30. The number of hydrogen-bond acceptors (Lipinski definition) is 3. The Labute approximate surface area is 131 Å². The first-order valence-corrected chi connectivity index (χ1v) is 8.53. The minimum absolute atomic E-state index is 0.219. The van der Waals surface area contributed by atoms with Crippen molar-refractivity contribution in [1.29, 1.82) is 0 Å². The van der Waals surface area contributed by atoms with E-state index < -0.39 is 0 Å². The highest BCUT2D eigenvalue weighted by Crippen LogP contribution is 2.29. The van der Waals surface area contributed by atoms with E-state index in [4.69, 9.17) is 5.11 Å². The number of aliphatic hydroxyl groups excluding tert-OH is 1. The van der Waals surface area contributed by atoms with Gasteiger partial charge in [-0.2, -0.15) is 0 Å². The van der Waals surface area contributed by atoms with E-state index >= 15 is 0 Å². The Morgan fingerprint density at radius 3 is 2.38 bits per heavy atom. The fourth-order valence-corrected chi connectivity index (χ4v) is 2.32. The molecular weight excluding hydrogens is 260 g/mol. The molecule has 0 amide bonds. The zero-order valence-corrected chi connectivity index (χ0v) is 14.6. The van der Waals surface area contributed by atoms with Crippen LogP contribution in [0.5, 0.6) is 0 Å². The van der Waals surface area contributed by atoms with Crippen molar-refractivity contribution < 1.29 is 5.11 Å². The standard InChI is InChI=1S/C18H36N2O/c1-5-7-10-18(6-2,11-9-17(3)4)16-20-13-8-12-19-14-15-21/h11,19-21H,5-8,10,12-16H2,1-4H3/t18-/m1/s1. The minimum atomic E-state index is 0.219. The average molecular weight is 296 g/mol. The van der Waals surface area contributed by atoms with Crippen LogP contribution < -0.4 is 10.6 Å². The quantitative estimate of drug-likeness (QED) is 0.361. The van der Waals surface area contributed by atoms with Crippen LogP contribution in [0.1, 0.15) is 59.8 Å². The first-order chi connectivity index (χ1) is 10.1. The molecule has 0 saturated heterocycles. The summed E-state index contributed by atoms with van der Waals surface area (Å²) in [5.41, 5.74) is 4.92. The molecule has 124 valence electrons. The van der Waals surface area contributed by atoms with Crippen molar-refractivity contribution in [2.75, 3.05) is 32.8 Å². The average Bonchev–Trinajstić information content (AvgIpc) is 2.48. The number of nitrogens with one attached hydrogen (secondary N) is 2. The summed E-state index contributed by atoms with van der Waals surface area (Å²) < 4.78 is 0. The van der Waals surface area contributed by atoms with E-state index in [9.17, 15) is 0 Å². The maximum Gasteiger partial charge on any atom is 0.0555 e. The normalized spacial score (nSPS) is 13.6. The van der Waals surface area contributed by atoms with Gasteiger partial charge in [0.2, 0.25) is 0 Å². The van der Waals surface area contributed by atoms with Gasteiger partial charge >= 0.3 is 0 Å². The monoisotopic (exact) mass is 296 g/mol. The summed E-state index contributed by atoms with van der Waals surface area (Å²) in [7, 11) is 0. The first-order valence-electron chi connectivity index (χ1n) is 8.53. The molecule has 3 nitrogen and oxygen atoms in total. The Balaban J connectivity index is 4.30. The summed E-state index contributed by atoms with van der Waals surface area (Å²) in [5, 5.41) is 15.5. The lowest BCUT2D eigenvalue weighted by Gasteiger charge is -2.29. The van der Waals surface area contributed by atoms with Gasteiger partial charge in [0, 0.05) is 18.5 Å². The maximum absolute atomic E-state index is 8.70. The van der Waals surface area contributed by atoms with Gasteiger partial charge in [-0.15, -0.1) is 5.73 Å². The Kier molecular flexibility index (Phi) is 12.7. The highest BCUT2D eigenvalue weighted by molar-refractivity contribution is 5.04. The van der Waals surface area contributed by atoms with Gasteiger partial charge in [-0.25, -0.2) is 0 Å². The molecule has 0 rings (SSSR count). The smallest absolute Gasteiger partial charge is 0.0555 e. The number of rotatable bonds is 13. The molecule has 0 bridgehead atoms. The molecule has 0 aliphatic heterocycles. The predicted octanol–water partition coefficient (Wildman–Crippen LogP) is 3.26. The van der Waals surface area contributed by atoms with Crippen molar-refractivity contribution in [1.82, 2.24) is 10.6 Å². The Bertz CT molecular complexity index is 304. The van der Waals surface area contributed by atoms with Gasteiger partial charge in [-0.1, -0.05) is 26.7 Å². The van der Waals surface area contributed by atoms with Crippen LogP contribution >= 0.6 is 0 Å². The van der Waals surface area contributed by atoms with Crippen molar-refractivity contribution in [2.24, 2.45) is 5.41 Å². The van der Waals surface area contributed by atoms with Crippen LogP contribution in [-0.2, 0) is 0 Å². The van der Waals surface area contributed by atoms with Crippen LogP contribution in [0, 0.1) is 5.41 Å². The second-order valence-electron chi connectivity index (χ2n) is 6.11. The van der Waals surface area contributed by atoms with Crippen LogP contribution in [0.2, 0.25) is 0 Å². The number of hydrogen-bond donors (Lipinski definition) is 3. The molecule has 3 heteroatoms. The molecular formula is C18H36N2O. The van der Waals surface area contributed by atoms with Crippen molar-refractivity contribution >= 4 is 0 Å². The highest BCUT2D eigenvalue weighted by atomic mass is 16.3. The first kappa shape index (κ1) is 20.4. The van der Waals surface area contributed by atoms with Gasteiger partial charge in [0.1, 0.15) is 0 Å². The van der Waals surface area contributed by atoms with Gasteiger partial charge in [0.25, 0.3) is 0 Å². The van der Waals surface area contributed by atoms with E-state index in [0.717, 1.165) is 32.5 Å². The zero-order chi connectivity index (χ0) is 16.0. The highest BCUT2D eigenvalue weighted by Gasteiger charge is 2.23. The topological polar surface area (TPSA) is 44.3 Å². The molecule has 0 heterocycles. The van der Waals surface area contributed by atoms with E-state index in [1.54, 1.807) is 0 Å². The van der Waals surface area contributed by atoms with E-state index in [0.29, 0.717) is 6.54 Å². The Morgan fingerprint density at radius 2 is 1.81 bits per heavy atom. The van der Waals surface area contributed by atoms with Crippen molar-refractivity contribution in [3.05, 3.63) is 17.4 Å². The zero-order valence-electron chi connectivity index (χ0n) is 14.6. The largest absolute Gasteiger partial charge is 0.395 e. The van der Waals surface area contributed by atoms with E-state index in [1.807, 2.05) is 0 Å². The van der Waals surface area contributed by atoms with Crippen LogP contribution in [0.3, 0.4) is 0 Å². The van der Waals surface area contributed by atoms with E-state index in [2.05, 4.69) is 50.1 Å². The van der Waals surface area contributed by atoms with Crippen LogP contribution in [0.15, 0.2) is 17.4 Å².